The van der Waals surface area contributed by atoms with Crippen LogP contribution in [0.1, 0.15) is 31.1 Å². The van der Waals surface area contributed by atoms with Gasteiger partial charge in [-0.1, -0.05) is 32.0 Å². The average Bonchev–Trinajstić information content (AvgIpc) is 2.77. The van der Waals surface area contributed by atoms with Crippen molar-refractivity contribution < 1.29 is 19.4 Å². The number of phenolic OH excluding ortho intramolecular Hbond substituents is 1. The third-order valence-electron chi connectivity index (χ3n) is 5.22. The summed E-state index contributed by atoms with van der Waals surface area (Å²) in [7, 11) is 0. The molecule has 0 aliphatic heterocycles. The summed E-state index contributed by atoms with van der Waals surface area (Å²) in [4.78, 5) is 29.7. The number of rotatable bonds is 6. The van der Waals surface area contributed by atoms with E-state index >= 15 is 0 Å². The van der Waals surface area contributed by atoms with E-state index < -0.39 is 24.0 Å². The van der Waals surface area contributed by atoms with E-state index in [1.807, 2.05) is 19.9 Å². The number of nitriles is 1. The third-order valence-corrected chi connectivity index (χ3v) is 5.22. The number of aromatic nitrogens is 1. The lowest BCUT2D eigenvalue weighted by Gasteiger charge is -2.27. The normalized spacial score (nSPS) is 12.7. The lowest BCUT2D eigenvalue weighted by molar-refractivity contribution is -0.125. The van der Waals surface area contributed by atoms with Crippen LogP contribution in [0.15, 0.2) is 54.6 Å². The number of hydrogen-bond donors (Lipinski definition) is 2. The minimum Gasteiger partial charge on any atom is -0.508 e. The number of ether oxygens (including phenoxy) is 1. The first-order valence-corrected chi connectivity index (χ1v) is 9.82. The number of amides is 1. The molecule has 7 nitrogen and oxygen atoms in total. The van der Waals surface area contributed by atoms with Crippen molar-refractivity contribution in [3.63, 3.8) is 0 Å². The van der Waals surface area contributed by atoms with E-state index in [0.717, 1.165) is 5.56 Å². The monoisotopic (exact) mass is 417 g/mol. The van der Waals surface area contributed by atoms with Crippen molar-refractivity contribution in [3.05, 3.63) is 60.2 Å². The van der Waals surface area contributed by atoms with E-state index in [9.17, 15) is 20.0 Å². The number of carbonyl (C=O) groups is 2. The van der Waals surface area contributed by atoms with Crippen molar-refractivity contribution in [2.75, 3.05) is 6.61 Å². The van der Waals surface area contributed by atoms with E-state index in [0.29, 0.717) is 16.6 Å². The Hall–Kier alpha value is -3.92. The smallest absolute Gasteiger partial charge is 0.339 e. The molecule has 0 saturated heterocycles. The Balaban J connectivity index is 1.86. The Kier molecular flexibility index (Phi) is 6.21. The fraction of sp³-hybridized carbons (Fsp3) is 0.250. The number of para-hydroxylation sites is 1. The number of esters is 1. The van der Waals surface area contributed by atoms with Gasteiger partial charge in [-0.25, -0.2) is 9.78 Å². The van der Waals surface area contributed by atoms with Gasteiger partial charge in [-0.2, -0.15) is 5.26 Å². The SMILES string of the molecule is CC(C)[C@@](C)(C#N)NC(=O)COC(=O)c1cc(-c2ccc(O)cc2)nc2ccccc12. The molecule has 31 heavy (non-hydrogen) atoms. The number of fused-ring (bicyclic) bond motifs is 1. The standard InChI is InChI=1S/C24H23N3O4/c1-15(2)24(3,14-25)27-22(29)13-31-23(30)19-12-21(16-8-10-17(28)11-9-16)26-20-7-5-4-6-18(19)20/h4-12,15,28H,13H2,1-3H3,(H,27,29)/t24-/m1/s1. The Morgan fingerprint density at radius 2 is 1.87 bits per heavy atom. The molecule has 0 fully saturated rings. The molecule has 1 amide bonds. The van der Waals surface area contributed by atoms with Crippen LogP contribution in [-0.2, 0) is 9.53 Å². The van der Waals surface area contributed by atoms with Crippen LogP contribution in [0.5, 0.6) is 5.75 Å². The average molecular weight is 417 g/mol. The molecule has 1 heterocycles. The van der Waals surface area contributed by atoms with Gasteiger partial charge in [-0.15, -0.1) is 0 Å². The molecule has 1 atom stereocenters. The molecule has 7 heteroatoms. The summed E-state index contributed by atoms with van der Waals surface area (Å²) in [5.41, 5.74) is 1.07. The van der Waals surface area contributed by atoms with Crippen LogP contribution in [0.2, 0.25) is 0 Å². The van der Waals surface area contributed by atoms with Crippen LogP contribution < -0.4 is 5.32 Å². The molecule has 1 aromatic heterocycles. The maximum Gasteiger partial charge on any atom is 0.339 e. The molecule has 0 bridgehead atoms. The van der Waals surface area contributed by atoms with Gasteiger partial charge in [0.1, 0.15) is 11.3 Å². The van der Waals surface area contributed by atoms with Crippen LogP contribution in [0, 0.1) is 17.2 Å². The van der Waals surface area contributed by atoms with Gasteiger partial charge in [0, 0.05) is 10.9 Å². The molecular weight excluding hydrogens is 394 g/mol. The quantitative estimate of drug-likeness (QED) is 0.590. The summed E-state index contributed by atoms with van der Waals surface area (Å²) in [5, 5.41) is 22.1. The van der Waals surface area contributed by atoms with Crippen molar-refractivity contribution in [1.82, 2.24) is 10.3 Å². The van der Waals surface area contributed by atoms with Crippen molar-refractivity contribution in [1.29, 1.82) is 5.26 Å². The third kappa shape index (κ3) is 4.81. The molecule has 3 aromatic rings. The van der Waals surface area contributed by atoms with E-state index in [1.54, 1.807) is 43.3 Å². The van der Waals surface area contributed by atoms with Crippen LogP contribution in [0.3, 0.4) is 0 Å². The minimum absolute atomic E-state index is 0.117. The van der Waals surface area contributed by atoms with Gasteiger partial charge < -0.3 is 15.2 Å². The first-order valence-electron chi connectivity index (χ1n) is 9.82. The number of hydrogen-bond acceptors (Lipinski definition) is 6. The van der Waals surface area contributed by atoms with Crippen LogP contribution >= 0.6 is 0 Å². The van der Waals surface area contributed by atoms with Gasteiger partial charge in [0.05, 0.1) is 22.8 Å². The highest BCUT2D eigenvalue weighted by Crippen LogP contribution is 2.26. The molecule has 0 radical (unpaired) electrons. The largest absolute Gasteiger partial charge is 0.508 e. The number of benzene rings is 2. The molecular formula is C24H23N3O4. The van der Waals surface area contributed by atoms with Crippen molar-refractivity contribution in [2.24, 2.45) is 5.92 Å². The Morgan fingerprint density at radius 3 is 2.52 bits per heavy atom. The highest BCUT2D eigenvalue weighted by Gasteiger charge is 2.30. The fourth-order valence-electron chi connectivity index (χ4n) is 2.96. The number of carbonyl (C=O) groups excluding carboxylic acids is 2. The topological polar surface area (TPSA) is 112 Å². The fourth-order valence-corrected chi connectivity index (χ4v) is 2.96. The van der Waals surface area contributed by atoms with Gasteiger partial charge >= 0.3 is 5.97 Å². The number of nitrogens with zero attached hydrogens (tertiary/aromatic N) is 2. The highest BCUT2D eigenvalue weighted by atomic mass is 16.5. The van der Waals surface area contributed by atoms with Crippen LogP contribution in [0.4, 0.5) is 0 Å². The van der Waals surface area contributed by atoms with Gasteiger partial charge in [0.25, 0.3) is 5.91 Å². The Labute approximate surface area is 180 Å². The molecule has 3 rings (SSSR count). The predicted octanol–water partition coefficient (Wildman–Crippen LogP) is 3.82. The second kappa shape index (κ2) is 8.84. The lowest BCUT2D eigenvalue weighted by atomic mass is 9.90. The van der Waals surface area contributed by atoms with Gasteiger partial charge in [-0.05, 0) is 49.2 Å². The zero-order chi connectivity index (χ0) is 22.6. The van der Waals surface area contributed by atoms with Crippen molar-refractivity contribution in [2.45, 2.75) is 26.3 Å². The highest BCUT2D eigenvalue weighted by molar-refractivity contribution is 6.05. The van der Waals surface area contributed by atoms with E-state index in [-0.39, 0.29) is 17.2 Å². The Morgan fingerprint density at radius 1 is 1.19 bits per heavy atom. The summed E-state index contributed by atoms with van der Waals surface area (Å²) in [6.45, 7) is 4.76. The number of phenols is 1. The first kappa shape index (κ1) is 21.8. The van der Waals surface area contributed by atoms with Gasteiger partial charge in [-0.3, -0.25) is 4.79 Å². The van der Waals surface area contributed by atoms with Crippen LogP contribution in [0.25, 0.3) is 22.2 Å². The first-order chi connectivity index (χ1) is 14.7. The molecule has 0 aliphatic rings. The summed E-state index contributed by atoms with van der Waals surface area (Å²) in [5.74, 6) is -1.21. The molecule has 2 N–H and O–H groups in total. The molecule has 0 spiro atoms. The predicted molar refractivity (Wildman–Crippen MR) is 116 cm³/mol. The lowest BCUT2D eigenvalue weighted by Crippen LogP contribution is -2.50. The molecule has 0 unspecified atom stereocenters. The van der Waals surface area contributed by atoms with Crippen molar-refractivity contribution in [3.8, 4) is 23.1 Å². The van der Waals surface area contributed by atoms with Gasteiger partial charge in [0.2, 0.25) is 0 Å². The molecule has 158 valence electrons. The Bertz CT molecular complexity index is 1170. The number of aromatic hydroxyl groups is 1. The van der Waals surface area contributed by atoms with Crippen LogP contribution in [-0.4, -0.2) is 34.1 Å². The second-order valence-corrected chi connectivity index (χ2v) is 7.71. The number of nitrogens with one attached hydrogen (secondary N) is 1. The second-order valence-electron chi connectivity index (χ2n) is 7.71. The summed E-state index contributed by atoms with van der Waals surface area (Å²) >= 11 is 0. The van der Waals surface area contributed by atoms with Crippen molar-refractivity contribution >= 4 is 22.8 Å². The van der Waals surface area contributed by atoms with E-state index in [2.05, 4.69) is 16.4 Å². The minimum atomic E-state index is -1.06. The maximum absolute atomic E-state index is 12.8. The summed E-state index contributed by atoms with van der Waals surface area (Å²) in [6.07, 6.45) is 0. The molecule has 0 aliphatic carbocycles. The number of pyridine rings is 1. The molecule has 0 saturated carbocycles. The van der Waals surface area contributed by atoms with Gasteiger partial charge in [0.15, 0.2) is 6.61 Å². The zero-order valence-electron chi connectivity index (χ0n) is 17.5. The van der Waals surface area contributed by atoms with E-state index in [4.69, 9.17) is 4.74 Å². The van der Waals surface area contributed by atoms with E-state index in [1.165, 1.54) is 12.1 Å². The molecule has 2 aromatic carbocycles. The maximum atomic E-state index is 12.8. The summed E-state index contributed by atoms with van der Waals surface area (Å²) < 4.78 is 5.25. The summed E-state index contributed by atoms with van der Waals surface area (Å²) in [6, 6.07) is 17.3. The zero-order valence-corrected chi connectivity index (χ0v) is 17.5.